The van der Waals surface area contributed by atoms with Crippen LogP contribution in [-0.4, -0.2) is 9.91 Å². The molecule has 124 valence electrons. The van der Waals surface area contributed by atoms with Gasteiger partial charge in [-0.05, 0) is 30.3 Å². The third kappa shape index (κ3) is 3.55. The molecule has 0 aliphatic rings. The number of fused-ring (bicyclic) bond motifs is 1. The van der Waals surface area contributed by atoms with E-state index in [0.29, 0.717) is 16.1 Å². The van der Waals surface area contributed by atoms with Gasteiger partial charge in [-0.3, -0.25) is 10.1 Å². The maximum atomic E-state index is 11.1. The quantitative estimate of drug-likeness (QED) is 0.390. The summed E-state index contributed by atoms with van der Waals surface area (Å²) >= 11 is 11.7. The van der Waals surface area contributed by atoms with Crippen molar-refractivity contribution in [1.82, 2.24) is 4.98 Å². The number of benzene rings is 2. The maximum absolute atomic E-state index is 11.1. The summed E-state index contributed by atoms with van der Waals surface area (Å²) in [7, 11) is 0. The summed E-state index contributed by atoms with van der Waals surface area (Å²) in [4.78, 5) is 14.7. The number of aromatic nitrogens is 1. The largest absolute Gasteiger partial charge is 0.435 e. The van der Waals surface area contributed by atoms with Crippen molar-refractivity contribution in [3.8, 4) is 6.07 Å². The Morgan fingerprint density at radius 3 is 2.72 bits per heavy atom. The van der Waals surface area contributed by atoms with Gasteiger partial charge in [0, 0.05) is 22.3 Å². The van der Waals surface area contributed by atoms with Crippen LogP contribution in [-0.2, 0) is 0 Å². The number of nitro benzene ring substituents is 1. The predicted molar refractivity (Wildman–Crippen MR) is 94.3 cm³/mol. The molecule has 0 spiro atoms. The summed E-state index contributed by atoms with van der Waals surface area (Å²) in [6, 6.07) is 11.0. The van der Waals surface area contributed by atoms with Gasteiger partial charge in [-0.25, -0.2) is 4.98 Å². The van der Waals surface area contributed by atoms with E-state index in [1.54, 1.807) is 18.2 Å². The number of hydrogen-bond acceptors (Lipinski definition) is 6. The van der Waals surface area contributed by atoms with Crippen LogP contribution in [0.2, 0.25) is 10.0 Å². The number of oxazole rings is 1. The van der Waals surface area contributed by atoms with Crippen molar-refractivity contribution in [1.29, 1.82) is 5.26 Å². The molecule has 0 saturated heterocycles. The van der Waals surface area contributed by atoms with Gasteiger partial charge in [0.2, 0.25) is 5.89 Å². The zero-order valence-electron chi connectivity index (χ0n) is 12.4. The molecule has 0 bridgehead atoms. The average Bonchev–Trinajstić information content (AvgIpc) is 2.99. The molecule has 1 heterocycles. The van der Waals surface area contributed by atoms with Crippen LogP contribution in [0, 0.1) is 21.4 Å². The number of anilines is 1. The lowest BCUT2D eigenvalue weighted by atomic mass is 10.2. The highest BCUT2D eigenvalue weighted by Crippen LogP contribution is 2.29. The minimum Gasteiger partial charge on any atom is -0.435 e. The van der Waals surface area contributed by atoms with E-state index in [2.05, 4.69) is 10.3 Å². The van der Waals surface area contributed by atoms with Crippen molar-refractivity contribution in [2.75, 3.05) is 5.32 Å². The second-order valence-corrected chi connectivity index (χ2v) is 5.74. The lowest BCUT2D eigenvalue weighted by Crippen LogP contribution is -1.97. The minimum atomic E-state index is -0.574. The standard InChI is InChI=1S/C16H8Cl2N4O3/c17-10-2-4-15-13(5-10)21-16(25-15)9(7-19)8-20-12-3-1-11(18)6-14(12)22(23)24/h1-6,8,20H. The molecule has 0 fully saturated rings. The minimum absolute atomic E-state index is 0.0663. The Labute approximate surface area is 151 Å². The average molecular weight is 375 g/mol. The monoisotopic (exact) mass is 374 g/mol. The molecule has 2 aromatic carbocycles. The molecule has 9 heteroatoms. The van der Waals surface area contributed by atoms with Crippen molar-refractivity contribution < 1.29 is 9.34 Å². The number of nitro groups is 1. The van der Waals surface area contributed by atoms with E-state index in [0.717, 1.165) is 0 Å². The molecule has 0 radical (unpaired) electrons. The molecule has 0 amide bonds. The van der Waals surface area contributed by atoms with E-state index < -0.39 is 4.92 Å². The van der Waals surface area contributed by atoms with Crippen LogP contribution in [0.25, 0.3) is 16.7 Å². The Kier molecular flexibility index (Phi) is 4.57. The Bertz CT molecular complexity index is 1050. The van der Waals surface area contributed by atoms with Gasteiger partial charge in [-0.1, -0.05) is 23.2 Å². The van der Waals surface area contributed by atoms with Crippen molar-refractivity contribution in [2.45, 2.75) is 0 Å². The Morgan fingerprint density at radius 1 is 1.28 bits per heavy atom. The summed E-state index contributed by atoms with van der Waals surface area (Å²) in [6.07, 6.45) is 1.28. The topological polar surface area (TPSA) is 105 Å². The lowest BCUT2D eigenvalue weighted by Gasteiger charge is -2.03. The number of hydrogen-bond donors (Lipinski definition) is 1. The van der Waals surface area contributed by atoms with Gasteiger partial charge in [-0.15, -0.1) is 0 Å². The van der Waals surface area contributed by atoms with E-state index in [1.807, 2.05) is 6.07 Å². The fourth-order valence-electron chi connectivity index (χ4n) is 2.09. The van der Waals surface area contributed by atoms with Gasteiger partial charge >= 0.3 is 0 Å². The first-order chi connectivity index (χ1) is 12.0. The van der Waals surface area contributed by atoms with Gasteiger partial charge in [-0.2, -0.15) is 5.26 Å². The molecule has 0 aliphatic carbocycles. The summed E-state index contributed by atoms with van der Waals surface area (Å²) in [6.45, 7) is 0. The molecule has 1 aromatic heterocycles. The van der Waals surface area contributed by atoms with Crippen LogP contribution in [0.5, 0.6) is 0 Å². The third-order valence-corrected chi connectivity index (χ3v) is 3.70. The van der Waals surface area contributed by atoms with Gasteiger partial charge in [0.1, 0.15) is 22.8 Å². The number of rotatable bonds is 4. The first-order valence-electron chi connectivity index (χ1n) is 6.85. The van der Waals surface area contributed by atoms with Crippen LogP contribution >= 0.6 is 23.2 Å². The molecule has 3 rings (SSSR count). The Morgan fingerprint density at radius 2 is 2.00 bits per heavy atom. The molecule has 25 heavy (non-hydrogen) atoms. The van der Waals surface area contributed by atoms with Gasteiger partial charge in [0.05, 0.1) is 4.92 Å². The van der Waals surface area contributed by atoms with Crippen LogP contribution in [0.3, 0.4) is 0 Å². The predicted octanol–water partition coefficient (Wildman–Crippen LogP) is 5.02. The van der Waals surface area contributed by atoms with Crippen LogP contribution in [0.1, 0.15) is 5.89 Å². The highest BCUT2D eigenvalue weighted by atomic mass is 35.5. The van der Waals surface area contributed by atoms with Crippen molar-refractivity contribution in [3.05, 3.63) is 68.6 Å². The zero-order chi connectivity index (χ0) is 18.0. The first-order valence-corrected chi connectivity index (χ1v) is 7.61. The van der Waals surface area contributed by atoms with Crippen molar-refractivity contribution in [3.63, 3.8) is 0 Å². The first kappa shape index (κ1) is 16.8. The van der Waals surface area contributed by atoms with Gasteiger partial charge in [0.25, 0.3) is 5.69 Å². The smallest absolute Gasteiger partial charge is 0.294 e. The Balaban J connectivity index is 1.96. The van der Waals surface area contributed by atoms with Gasteiger partial charge < -0.3 is 9.73 Å². The summed E-state index contributed by atoms with van der Waals surface area (Å²) < 4.78 is 5.51. The summed E-state index contributed by atoms with van der Waals surface area (Å²) in [5.74, 6) is 0.0730. The van der Waals surface area contributed by atoms with E-state index in [9.17, 15) is 15.4 Å². The number of nitrogens with zero attached hydrogens (tertiary/aromatic N) is 3. The van der Waals surface area contributed by atoms with E-state index in [4.69, 9.17) is 27.6 Å². The fraction of sp³-hybridized carbons (Fsp3) is 0. The van der Waals surface area contributed by atoms with Crippen LogP contribution in [0.4, 0.5) is 11.4 Å². The van der Waals surface area contributed by atoms with Crippen molar-refractivity contribution in [2.24, 2.45) is 0 Å². The zero-order valence-corrected chi connectivity index (χ0v) is 13.9. The number of allylic oxidation sites excluding steroid dienone is 1. The molecular weight excluding hydrogens is 367 g/mol. The summed E-state index contributed by atoms with van der Waals surface area (Å²) in [5, 5.41) is 23.8. The second-order valence-electron chi connectivity index (χ2n) is 4.86. The molecular formula is C16H8Cl2N4O3. The molecule has 0 saturated carbocycles. The fourth-order valence-corrected chi connectivity index (χ4v) is 2.42. The molecule has 0 unspecified atom stereocenters. The molecule has 3 aromatic rings. The number of halogens is 2. The Hall–Kier alpha value is -3.08. The van der Waals surface area contributed by atoms with Crippen LogP contribution in [0.15, 0.2) is 47.0 Å². The third-order valence-electron chi connectivity index (χ3n) is 3.23. The highest BCUT2D eigenvalue weighted by molar-refractivity contribution is 6.31. The van der Waals surface area contributed by atoms with Crippen molar-refractivity contribution >= 4 is 51.2 Å². The summed E-state index contributed by atoms with van der Waals surface area (Å²) in [5.41, 5.74) is 1.00. The normalized spacial score (nSPS) is 11.3. The molecule has 0 atom stereocenters. The number of nitrogens with one attached hydrogen (secondary N) is 1. The molecule has 0 aliphatic heterocycles. The highest BCUT2D eigenvalue weighted by Gasteiger charge is 2.15. The maximum Gasteiger partial charge on any atom is 0.294 e. The van der Waals surface area contributed by atoms with E-state index in [1.165, 1.54) is 24.4 Å². The van der Waals surface area contributed by atoms with Gasteiger partial charge in [0.15, 0.2) is 5.58 Å². The lowest BCUT2D eigenvalue weighted by molar-refractivity contribution is -0.383. The van der Waals surface area contributed by atoms with Crippen LogP contribution < -0.4 is 5.32 Å². The second kappa shape index (κ2) is 6.81. The van der Waals surface area contributed by atoms with E-state index >= 15 is 0 Å². The van der Waals surface area contributed by atoms with E-state index in [-0.39, 0.29) is 27.9 Å². The SMILES string of the molecule is N#CC(=CNc1ccc(Cl)cc1[N+](=O)[O-])c1nc2cc(Cl)ccc2o1. The molecule has 1 N–H and O–H groups in total. The number of nitriles is 1. The molecule has 7 nitrogen and oxygen atoms in total.